The summed E-state index contributed by atoms with van der Waals surface area (Å²) in [6, 6.07) is 3.49. The fourth-order valence-electron chi connectivity index (χ4n) is 0.969. The Morgan fingerprint density at radius 1 is 1.06 bits per heavy atom. The van der Waals surface area contributed by atoms with E-state index in [1.54, 1.807) is 0 Å². The largest absolute Gasteiger partial charge is 0.461 e. The summed E-state index contributed by atoms with van der Waals surface area (Å²) in [5.74, 6) is -7.70. The molecule has 0 spiro atoms. The number of hydrogen-bond donors (Lipinski definition) is 0. The van der Waals surface area contributed by atoms with Gasteiger partial charge in [0.2, 0.25) is 5.78 Å². The molecule has 17 heavy (non-hydrogen) atoms. The Morgan fingerprint density at radius 3 is 2.06 bits per heavy atom. The fourth-order valence-corrected chi connectivity index (χ4v) is 1.76. The molecule has 0 radical (unpaired) electrons. The first-order chi connectivity index (χ1) is 7.57. The van der Waals surface area contributed by atoms with Gasteiger partial charge in [0.15, 0.2) is 0 Å². The summed E-state index contributed by atoms with van der Waals surface area (Å²) >= 11 is 5.63. The van der Waals surface area contributed by atoms with Crippen molar-refractivity contribution in [3.63, 3.8) is 0 Å². The molecule has 0 fully saturated rings. The molecule has 0 aliphatic rings. The summed E-state index contributed by atoms with van der Waals surface area (Å²) in [4.78, 5) is 11.2. The number of rotatable bonds is 2. The molecule has 0 unspecified atom stereocenters. The van der Waals surface area contributed by atoms with Gasteiger partial charge in [-0.3, -0.25) is 4.79 Å². The summed E-state index contributed by atoms with van der Waals surface area (Å²) in [7, 11) is 0. The second-order valence-corrected chi connectivity index (χ2v) is 4.80. The van der Waals surface area contributed by atoms with Gasteiger partial charge in [-0.05, 0) is 18.2 Å². The van der Waals surface area contributed by atoms with Crippen molar-refractivity contribution in [3.05, 3.63) is 32.7 Å². The first kappa shape index (κ1) is 14.6. The standard InChI is InChI=1S/C9H3Br2F5O/c10-4-1-2-6(11)5(3-4)7(17)8(12,13)9(14,15)16/h1-3H. The lowest BCUT2D eigenvalue weighted by molar-refractivity contribution is -0.255. The minimum atomic E-state index is -5.91. The van der Waals surface area contributed by atoms with E-state index in [-0.39, 0.29) is 8.95 Å². The van der Waals surface area contributed by atoms with Crippen molar-refractivity contribution in [1.29, 1.82) is 0 Å². The van der Waals surface area contributed by atoms with Crippen LogP contribution in [0, 0.1) is 0 Å². The van der Waals surface area contributed by atoms with Crippen LogP contribution in [0.3, 0.4) is 0 Å². The molecule has 0 amide bonds. The number of benzene rings is 1. The highest BCUT2D eigenvalue weighted by atomic mass is 79.9. The van der Waals surface area contributed by atoms with Gasteiger partial charge in [-0.25, -0.2) is 0 Å². The van der Waals surface area contributed by atoms with E-state index < -0.39 is 23.4 Å². The average molecular weight is 382 g/mol. The van der Waals surface area contributed by atoms with Crippen LogP contribution >= 0.6 is 31.9 Å². The molecule has 1 rings (SSSR count). The van der Waals surface area contributed by atoms with E-state index in [2.05, 4.69) is 31.9 Å². The predicted octanol–water partition coefficient (Wildman–Crippen LogP) is 4.59. The summed E-state index contributed by atoms with van der Waals surface area (Å²) in [6.45, 7) is 0. The van der Waals surface area contributed by atoms with Crippen LogP contribution in [0.4, 0.5) is 22.0 Å². The highest BCUT2D eigenvalue weighted by Crippen LogP contribution is 2.39. The van der Waals surface area contributed by atoms with E-state index in [0.717, 1.165) is 6.07 Å². The molecule has 8 heteroatoms. The van der Waals surface area contributed by atoms with Crippen LogP contribution in [0.2, 0.25) is 0 Å². The summed E-state index contributed by atoms with van der Waals surface area (Å²) in [5, 5.41) is 0. The number of alkyl halides is 5. The maximum atomic E-state index is 12.8. The predicted molar refractivity (Wildman–Crippen MR) is 57.2 cm³/mol. The van der Waals surface area contributed by atoms with Gasteiger partial charge in [0.1, 0.15) is 0 Å². The van der Waals surface area contributed by atoms with Gasteiger partial charge in [0, 0.05) is 14.5 Å². The Balaban J connectivity index is 3.26. The summed E-state index contributed by atoms with van der Waals surface area (Å²) < 4.78 is 61.7. The van der Waals surface area contributed by atoms with Gasteiger partial charge in [-0.1, -0.05) is 31.9 Å². The molecule has 1 aromatic carbocycles. The molecule has 0 atom stereocenters. The molecule has 0 aromatic heterocycles. The third kappa shape index (κ3) is 2.85. The lowest BCUT2D eigenvalue weighted by Gasteiger charge is -2.18. The quantitative estimate of drug-likeness (QED) is 0.540. The van der Waals surface area contributed by atoms with Crippen molar-refractivity contribution in [2.75, 3.05) is 0 Å². The van der Waals surface area contributed by atoms with E-state index in [0.29, 0.717) is 0 Å². The molecule has 0 aliphatic heterocycles. The van der Waals surface area contributed by atoms with Gasteiger partial charge in [-0.15, -0.1) is 0 Å². The molecular formula is C9H3Br2F5O. The molecule has 0 saturated heterocycles. The van der Waals surface area contributed by atoms with Crippen molar-refractivity contribution < 1.29 is 26.7 Å². The van der Waals surface area contributed by atoms with Gasteiger partial charge >= 0.3 is 12.1 Å². The number of Topliss-reactive ketones (excluding diaryl/α,β-unsaturated/α-hetero) is 1. The van der Waals surface area contributed by atoms with E-state index in [4.69, 9.17) is 0 Å². The van der Waals surface area contributed by atoms with E-state index >= 15 is 0 Å². The van der Waals surface area contributed by atoms with Crippen LogP contribution in [0.15, 0.2) is 27.1 Å². The van der Waals surface area contributed by atoms with Gasteiger partial charge in [-0.2, -0.15) is 22.0 Å². The lowest BCUT2D eigenvalue weighted by Crippen LogP contribution is -2.44. The van der Waals surface area contributed by atoms with Crippen LogP contribution in [0.5, 0.6) is 0 Å². The molecule has 0 saturated carbocycles. The lowest BCUT2D eigenvalue weighted by atomic mass is 10.1. The second-order valence-electron chi connectivity index (χ2n) is 3.03. The fraction of sp³-hybridized carbons (Fsp3) is 0.222. The van der Waals surface area contributed by atoms with Gasteiger partial charge in [0.25, 0.3) is 0 Å². The number of ketones is 1. The molecule has 0 N–H and O–H groups in total. The molecule has 0 bridgehead atoms. The third-order valence-electron chi connectivity index (χ3n) is 1.81. The average Bonchev–Trinajstić information content (AvgIpc) is 2.19. The van der Waals surface area contributed by atoms with Crippen LogP contribution in [0.25, 0.3) is 0 Å². The van der Waals surface area contributed by atoms with Crippen molar-refractivity contribution in [3.8, 4) is 0 Å². The Hall–Kier alpha value is -0.500. The second kappa shape index (κ2) is 4.64. The van der Waals surface area contributed by atoms with E-state index in [9.17, 15) is 26.7 Å². The summed E-state index contributed by atoms with van der Waals surface area (Å²) in [6.07, 6.45) is -5.91. The van der Waals surface area contributed by atoms with Crippen molar-refractivity contribution in [1.82, 2.24) is 0 Å². The zero-order valence-electron chi connectivity index (χ0n) is 7.79. The molecule has 1 nitrogen and oxygen atoms in total. The molecule has 94 valence electrons. The first-order valence-electron chi connectivity index (χ1n) is 4.02. The third-order valence-corrected chi connectivity index (χ3v) is 3.00. The van der Waals surface area contributed by atoms with Crippen molar-refractivity contribution >= 4 is 37.6 Å². The van der Waals surface area contributed by atoms with E-state index in [1.165, 1.54) is 12.1 Å². The Labute approximate surface area is 109 Å². The minimum Gasteiger partial charge on any atom is -0.287 e. The van der Waals surface area contributed by atoms with E-state index in [1.807, 2.05) is 0 Å². The molecular weight excluding hydrogens is 379 g/mol. The zero-order valence-corrected chi connectivity index (χ0v) is 11.0. The van der Waals surface area contributed by atoms with Crippen LogP contribution in [-0.4, -0.2) is 17.9 Å². The first-order valence-corrected chi connectivity index (χ1v) is 5.60. The highest BCUT2D eigenvalue weighted by Gasteiger charge is 2.63. The highest BCUT2D eigenvalue weighted by molar-refractivity contribution is 9.11. The van der Waals surface area contributed by atoms with Crippen LogP contribution in [0.1, 0.15) is 10.4 Å². The monoisotopic (exact) mass is 380 g/mol. The molecule has 0 aliphatic carbocycles. The van der Waals surface area contributed by atoms with Crippen LogP contribution in [-0.2, 0) is 0 Å². The number of hydrogen-bond acceptors (Lipinski definition) is 1. The number of carbonyl (C=O) groups is 1. The Morgan fingerprint density at radius 2 is 1.59 bits per heavy atom. The minimum absolute atomic E-state index is 0.130. The summed E-state index contributed by atoms with van der Waals surface area (Å²) in [5.41, 5.74) is -0.735. The van der Waals surface area contributed by atoms with Gasteiger partial charge < -0.3 is 0 Å². The van der Waals surface area contributed by atoms with Crippen molar-refractivity contribution in [2.24, 2.45) is 0 Å². The number of halogens is 7. The smallest absolute Gasteiger partial charge is 0.287 e. The Bertz CT molecular complexity index is 455. The Kier molecular flexibility index (Phi) is 3.97. The van der Waals surface area contributed by atoms with Crippen LogP contribution < -0.4 is 0 Å². The topological polar surface area (TPSA) is 17.1 Å². The van der Waals surface area contributed by atoms with Gasteiger partial charge in [0.05, 0.1) is 0 Å². The number of carbonyl (C=O) groups excluding carboxylic acids is 1. The maximum Gasteiger partial charge on any atom is 0.461 e. The van der Waals surface area contributed by atoms with Crippen molar-refractivity contribution in [2.45, 2.75) is 12.1 Å². The molecule has 1 aromatic rings. The normalized spacial score (nSPS) is 12.6. The SMILES string of the molecule is O=C(c1cc(Br)ccc1Br)C(F)(F)C(F)(F)F. The molecule has 0 heterocycles. The maximum absolute atomic E-state index is 12.8. The zero-order chi connectivity index (χ0) is 13.4.